The fourth-order valence-electron chi connectivity index (χ4n) is 1.07. The van der Waals surface area contributed by atoms with Gasteiger partial charge in [0.2, 0.25) is 0 Å². The lowest BCUT2D eigenvalue weighted by Gasteiger charge is -1.99. The van der Waals surface area contributed by atoms with Gasteiger partial charge >= 0.3 is 12.1 Å². The number of rotatable bonds is 3. The third-order valence-corrected chi connectivity index (χ3v) is 1.79. The van der Waals surface area contributed by atoms with Gasteiger partial charge in [0.15, 0.2) is 0 Å². The first-order chi connectivity index (χ1) is 7.04. The van der Waals surface area contributed by atoms with Gasteiger partial charge in [-0.3, -0.25) is 0 Å². The molecule has 0 atom stereocenters. The Labute approximate surface area is 85.8 Å². The summed E-state index contributed by atoms with van der Waals surface area (Å²) in [6.07, 6.45) is -0.596. The summed E-state index contributed by atoms with van der Waals surface area (Å²) in [5.74, 6) is -0.375. The summed E-state index contributed by atoms with van der Waals surface area (Å²) in [4.78, 5) is 21.4. The molecule has 2 N–H and O–H groups in total. The highest BCUT2D eigenvalue weighted by molar-refractivity contribution is 5.88. The van der Waals surface area contributed by atoms with Gasteiger partial charge in [-0.1, -0.05) is 0 Å². The van der Waals surface area contributed by atoms with Gasteiger partial charge in [0, 0.05) is 0 Å². The van der Waals surface area contributed by atoms with Crippen molar-refractivity contribution in [3.05, 3.63) is 23.2 Å². The van der Waals surface area contributed by atoms with Gasteiger partial charge in [0.25, 0.3) is 0 Å². The zero-order valence-electron chi connectivity index (χ0n) is 8.36. The van der Waals surface area contributed by atoms with Gasteiger partial charge in [0.1, 0.15) is 17.1 Å². The van der Waals surface area contributed by atoms with E-state index in [1.165, 1.54) is 13.2 Å². The lowest BCUT2D eigenvalue weighted by Crippen LogP contribution is -2.21. The van der Waals surface area contributed by atoms with Crippen LogP contribution in [0, 0.1) is 6.92 Å². The van der Waals surface area contributed by atoms with Crippen LogP contribution in [0.2, 0.25) is 0 Å². The summed E-state index contributed by atoms with van der Waals surface area (Å²) in [5.41, 5.74) is 0.0941. The van der Waals surface area contributed by atoms with Crippen LogP contribution in [-0.4, -0.2) is 24.3 Å². The first-order valence-corrected chi connectivity index (χ1v) is 4.19. The summed E-state index contributed by atoms with van der Waals surface area (Å²) in [5, 5.41) is 11.1. The van der Waals surface area contributed by atoms with Crippen LogP contribution in [0.15, 0.2) is 10.5 Å². The lowest BCUT2D eigenvalue weighted by atomic mass is 10.2. The average molecular weight is 213 g/mol. The molecular weight excluding hydrogens is 202 g/mol. The first-order valence-electron chi connectivity index (χ1n) is 4.19. The van der Waals surface area contributed by atoms with E-state index >= 15 is 0 Å². The van der Waals surface area contributed by atoms with Crippen molar-refractivity contribution >= 4 is 12.1 Å². The number of carbonyl (C=O) groups excluding carboxylic acids is 1. The van der Waals surface area contributed by atoms with Gasteiger partial charge < -0.3 is 19.6 Å². The molecule has 6 heteroatoms. The predicted octanol–water partition coefficient (Wildman–Crippen LogP) is 1.14. The molecule has 0 unspecified atom stereocenters. The van der Waals surface area contributed by atoms with Crippen LogP contribution in [0.5, 0.6) is 0 Å². The Kier molecular flexibility index (Phi) is 3.33. The monoisotopic (exact) mass is 213 g/mol. The Hall–Kier alpha value is -1.98. The first kappa shape index (κ1) is 11.1. The molecule has 82 valence electrons. The highest BCUT2D eigenvalue weighted by Gasteiger charge is 2.13. The molecule has 0 aliphatic carbocycles. The van der Waals surface area contributed by atoms with Gasteiger partial charge in [-0.15, -0.1) is 0 Å². The number of ether oxygens (including phenoxy) is 1. The molecule has 1 aromatic rings. The smallest absolute Gasteiger partial charge is 0.407 e. The van der Waals surface area contributed by atoms with Crippen LogP contribution in [0.1, 0.15) is 21.9 Å². The van der Waals surface area contributed by atoms with E-state index in [0.717, 1.165) is 0 Å². The second-order valence-electron chi connectivity index (χ2n) is 2.83. The number of hydrogen-bond donors (Lipinski definition) is 2. The van der Waals surface area contributed by atoms with E-state index in [1.807, 2.05) is 0 Å². The fourth-order valence-corrected chi connectivity index (χ4v) is 1.07. The van der Waals surface area contributed by atoms with Crippen LogP contribution in [0.25, 0.3) is 0 Å². The standard InChI is InChI=1S/C9H11NO5/c1-5-7(8(11)12)3-6(15-5)4-10-9(13)14-2/h3H,4H2,1-2H3,(H,10,13)(H,11,12). The Morgan fingerprint density at radius 2 is 2.27 bits per heavy atom. The van der Waals surface area contributed by atoms with Crippen molar-refractivity contribution in [2.24, 2.45) is 0 Å². The summed E-state index contributed by atoms with van der Waals surface area (Å²) < 4.78 is 9.47. The largest absolute Gasteiger partial charge is 0.478 e. The maximum Gasteiger partial charge on any atom is 0.407 e. The summed E-state index contributed by atoms with van der Waals surface area (Å²) in [6.45, 7) is 1.64. The topological polar surface area (TPSA) is 88.8 Å². The molecule has 0 bridgehead atoms. The van der Waals surface area contributed by atoms with Crippen LogP contribution in [0.3, 0.4) is 0 Å². The number of methoxy groups -OCH3 is 1. The number of aromatic carboxylic acids is 1. The van der Waals surface area contributed by atoms with E-state index in [-0.39, 0.29) is 12.1 Å². The van der Waals surface area contributed by atoms with Gasteiger partial charge in [0.05, 0.1) is 13.7 Å². The summed E-state index contributed by atoms with van der Waals surface area (Å²) in [6, 6.07) is 1.37. The second-order valence-corrected chi connectivity index (χ2v) is 2.83. The average Bonchev–Trinajstić information content (AvgIpc) is 2.56. The third-order valence-electron chi connectivity index (χ3n) is 1.79. The molecular formula is C9H11NO5. The van der Waals surface area contributed by atoms with Gasteiger partial charge in [-0.2, -0.15) is 0 Å². The summed E-state index contributed by atoms with van der Waals surface area (Å²) in [7, 11) is 1.24. The number of carbonyl (C=O) groups is 2. The van der Waals surface area contributed by atoms with E-state index in [2.05, 4.69) is 10.1 Å². The summed E-state index contributed by atoms with van der Waals surface area (Å²) >= 11 is 0. The van der Waals surface area contributed by atoms with E-state index in [1.54, 1.807) is 6.92 Å². The van der Waals surface area contributed by atoms with E-state index in [4.69, 9.17) is 9.52 Å². The van der Waals surface area contributed by atoms with E-state index in [9.17, 15) is 9.59 Å². The molecule has 0 aliphatic heterocycles. The Morgan fingerprint density at radius 1 is 1.60 bits per heavy atom. The quantitative estimate of drug-likeness (QED) is 0.785. The maximum absolute atomic E-state index is 10.7. The molecule has 1 amide bonds. The van der Waals surface area contributed by atoms with Crippen molar-refractivity contribution in [2.45, 2.75) is 13.5 Å². The SMILES string of the molecule is COC(=O)NCc1cc(C(=O)O)c(C)o1. The van der Waals surface area contributed by atoms with Crippen molar-refractivity contribution in [1.29, 1.82) is 0 Å². The number of carboxylic acids is 1. The number of amides is 1. The molecule has 15 heavy (non-hydrogen) atoms. The van der Waals surface area contributed by atoms with Crippen LogP contribution in [0.4, 0.5) is 4.79 Å². The zero-order chi connectivity index (χ0) is 11.4. The third kappa shape index (κ3) is 2.73. The van der Waals surface area contributed by atoms with E-state index in [0.29, 0.717) is 11.5 Å². The van der Waals surface area contributed by atoms with E-state index < -0.39 is 12.1 Å². The molecule has 0 radical (unpaired) electrons. The van der Waals surface area contributed by atoms with Crippen molar-refractivity contribution in [2.75, 3.05) is 7.11 Å². The van der Waals surface area contributed by atoms with Crippen molar-refractivity contribution in [3.63, 3.8) is 0 Å². The molecule has 0 saturated carbocycles. The molecule has 1 aromatic heterocycles. The molecule has 0 saturated heterocycles. The highest BCUT2D eigenvalue weighted by atomic mass is 16.5. The fraction of sp³-hybridized carbons (Fsp3) is 0.333. The van der Waals surface area contributed by atoms with Crippen LogP contribution >= 0.6 is 0 Å². The van der Waals surface area contributed by atoms with Crippen molar-refractivity contribution < 1.29 is 23.8 Å². The number of aryl methyl sites for hydroxylation is 1. The Balaban J connectivity index is 2.67. The van der Waals surface area contributed by atoms with Crippen LogP contribution in [-0.2, 0) is 11.3 Å². The molecule has 6 nitrogen and oxygen atoms in total. The second kappa shape index (κ2) is 4.50. The number of nitrogens with one attached hydrogen (secondary N) is 1. The molecule has 1 rings (SSSR count). The number of hydrogen-bond acceptors (Lipinski definition) is 4. The normalized spacial score (nSPS) is 9.73. The molecule has 0 fully saturated rings. The van der Waals surface area contributed by atoms with Gasteiger partial charge in [-0.25, -0.2) is 9.59 Å². The Morgan fingerprint density at radius 3 is 2.73 bits per heavy atom. The molecule has 0 aromatic carbocycles. The minimum atomic E-state index is -1.06. The maximum atomic E-state index is 10.7. The van der Waals surface area contributed by atoms with Crippen molar-refractivity contribution in [3.8, 4) is 0 Å². The number of carboxylic acid groups (broad SMARTS) is 1. The van der Waals surface area contributed by atoms with Crippen LogP contribution < -0.4 is 5.32 Å². The molecule has 0 aliphatic rings. The molecule has 0 spiro atoms. The van der Waals surface area contributed by atoms with Crippen molar-refractivity contribution in [1.82, 2.24) is 5.32 Å². The minimum Gasteiger partial charge on any atom is -0.478 e. The minimum absolute atomic E-state index is 0.0941. The Bertz CT molecular complexity index is 382. The number of alkyl carbamates (subject to hydrolysis) is 1. The number of furan rings is 1. The lowest BCUT2D eigenvalue weighted by molar-refractivity contribution is 0.0695. The highest BCUT2D eigenvalue weighted by Crippen LogP contribution is 2.14. The molecule has 1 heterocycles. The zero-order valence-corrected chi connectivity index (χ0v) is 8.36. The van der Waals surface area contributed by atoms with Gasteiger partial charge in [-0.05, 0) is 13.0 Å². The predicted molar refractivity (Wildman–Crippen MR) is 49.6 cm³/mol.